The van der Waals surface area contributed by atoms with Gasteiger partial charge >= 0.3 is 4.87 Å². The van der Waals surface area contributed by atoms with Crippen molar-refractivity contribution in [3.05, 3.63) is 80.4 Å². The van der Waals surface area contributed by atoms with Crippen LogP contribution in [0.3, 0.4) is 0 Å². The second-order valence-corrected chi connectivity index (χ2v) is 8.53. The maximum absolute atomic E-state index is 12.6. The summed E-state index contributed by atoms with van der Waals surface area (Å²) in [4.78, 5) is 33.3. The van der Waals surface area contributed by atoms with Gasteiger partial charge in [0.15, 0.2) is 0 Å². The third kappa shape index (κ3) is 3.16. The van der Waals surface area contributed by atoms with Gasteiger partial charge in [-0.2, -0.15) is 0 Å². The number of ether oxygens (including phenoxy) is 1. The fourth-order valence-electron chi connectivity index (χ4n) is 3.27. The lowest BCUT2D eigenvalue weighted by atomic mass is 10.2. The van der Waals surface area contributed by atoms with Crippen molar-refractivity contribution in [1.29, 1.82) is 0 Å². The molecule has 3 aromatic heterocycles. The Balaban J connectivity index is 1.56. The molecule has 1 N–H and O–H groups in total. The van der Waals surface area contributed by atoms with Gasteiger partial charge in [-0.3, -0.25) is 14.2 Å². The Morgan fingerprint density at radius 2 is 1.86 bits per heavy atom. The summed E-state index contributed by atoms with van der Waals surface area (Å²) in [6, 6.07) is 17.2. The standard InChI is InChI=1S/C21H15N3O3S2/c1-27-13-8-6-12(7-9-13)17-10-14-19(28-17)20(25)23-18(22-14)11-24-15-4-2-3-5-16(15)29-21(24)26/h2-10H,11H2,1H3,(H,22,23,25). The number of rotatable bonds is 4. The van der Waals surface area contributed by atoms with Crippen molar-refractivity contribution < 1.29 is 4.74 Å². The summed E-state index contributed by atoms with van der Waals surface area (Å²) in [6.45, 7) is 0.224. The summed E-state index contributed by atoms with van der Waals surface area (Å²) in [7, 11) is 1.63. The third-order valence-corrected chi connectivity index (χ3v) is 6.82. The molecule has 8 heteroatoms. The number of hydrogen-bond acceptors (Lipinski definition) is 6. The molecule has 0 bridgehead atoms. The normalized spacial score (nSPS) is 11.3. The topological polar surface area (TPSA) is 77.0 Å². The molecule has 5 rings (SSSR count). The van der Waals surface area contributed by atoms with Crippen molar-refractivity contribution in [2.24, 2.45) is 0 Å². The number of benzene rings is 2. The number of methoxy groups -OCH3 is 1. The van der Waals surface area contributed by atoms with Gasteiger partial charge in [0.2, 0.25) is 0 Å². The lowest BCUT2D eigenvalue weighted by molar-refractivity contribution is 0.415. The Morgan fingerprint density at radius 3 is 2.66 bits per heavy atom. The molecule has 144 valence electrons. The minimum Gasteiger partial charge on any atom is -0.497 e. The number of fused-ring (bicyclic) bond motifs is 2. The average Bonchev–Trinajstić information content (AvgIpc) is 3.30. The molecule has 0 saturated carbocycles. The molecule has 0 fully saturated rings. The van der Waals surface area contributed by atoms with E-state index in [4.69, 9.17) is 4.74 Å². The van der Waals surface area contributed by atoms with Gasteiger partial charge in [-0.15, -0.1) is 11.3 Å². The molecule has 3 heterocycles. The fourth-order valence-corrected chi connectivity index (χ4v) is 5.16. The Morgan fingerprint density at radius 1 is 1.07 bits per heavy atom. The predicted molar refractivity (Wildman–Crippen MR) is 117 cm³/mol. The van der Waals surface area contributed by atoms with E-state index in [0.29, 0.717) is 16.0 Å². The van der Waals surface area contributed by atoms with Gasteiger partial charge in [0.1, 0.15) is 16.3 Å². The van der Waals surface area contributed by atoms with E-state index in [1.165, 1.54) is 22.7 Å². The molecule has 0 radical (unpaired) electrons. The third-order valence-electron chi connectivity index (χ3n) is 4.69. The monoisotopic (exact) mass is 421 g/mol. The Bertz CT molecular complexity index is 1460. The first-order chi connectivity index (χ1) is 14.1. The van der Waals surface area contributed by atoms with E-state index in [-0.39, 0.29) is 17.0 Å². The minimum atomic E-state index is -0.192. The van der Waals surface area contributed by atoms with Crippen LogP contribution in [0.15, 0.2) is 64.2 Å². The second kappa shape index (κ2) is 6.98. The number of thiazole rings is 1. The molecule has 2 aromatic carbocycles. The molecule has 0 amide bonds. The molecule has 5 aromatic rings. The predicted octanol–water partition coefficient (Wildman–Crippen LogP) is 4.08. The van der Waals surface area contributed by atoms with Crippen molar-refractivity contribution in [2.75, 3.05) is 7.11 Å². The molecule has 0 atom stereocenters. The lowest BCUT2D eigenvalue weighted by Crippen LogP contribution is -2.18. The zero-order valence-electron chi connectivity index (χ0n) is 15.3. The van der Waals surface area contributed by atoms with Crippen LogP contribution in [0, 0.1) is 0 Å². The van der Waals surface area contributed by atoms with Crippen LogP contribution in [-0.2, 0) is 6.54 Å². The van der Waals surface area contributed by atoms with Crippen molar-refractivity contribution in [2.45, 2.75) is 6.54 Å². The van der Waals surface area contributed by atoms with Crippen molar-refractivity contribution in [3.63, 3.8) is 0 Å². The van der Waals surface area contributed by atoms with Crippen LogP contribution < -0.4 is 15.2 Å². The molecule has 0 aliphatic rings. The maximum atomic E-state index is 12.6. The summed E-state index contributed by atoms with van der Waals surface area (Å²) in [6.07, 6.45) is 0. The molecule has 0 unspecified atom stereocenters. The number of nitrogens with one attached hydrogen (secondary N) is 1. The number of aromatic amines is 1. The number of nitrogens with zero attached hydrogens (tertiary/aromatic N) is 2. The summed E-state index contributed by atoms with van der Waals surface area (Å²) in [5, 5.41) is 0. The highest BCUT2D eigenvalue weighted by Crippen LogP contribution is 2.31. The Labute approximate surface area is 172 Å². The molecule has 0 aliphatic carbocycles. The van der Waals surface area contributed by atoms with E-state index in [0.717, 1.165) is 26.4 Å². The van der Waals surface area contributed by atoms with E-state index in [1.54, 1.807) is 11.7 Å². The number of para-hydroxylation sites is 1. The van der Waals surface area contributed by atoms with Crippen LogP contribution in [0.4, 0.5) is 0 Å². The van der Waals surface area contributed by atoms with E-state index in [9.17, 15) is 9.59 Å². The quantitative estimate of drug-likeness (QED) is 0.474. The lowest BCUT2D eigenvalue weighted by Gasteiger charge is -2.03. The van der Waals surface area contributed by atoms with Crippen molar-refractivity contribution in [3.8, 4) is 16.2 Å². The number of hydrogen-bond donors (Lipinski definition) is 1. The largest absolute Gasteiger partial charge is 0.497 e. The number of H-pyrrole nitrogens is 1. The van der Waals surface area contributed by atoms with Crippen LogP contribution >= 0.6 is 22.7 Å². The van der Waals surface area contributed by atoms with Crippen LogP contribution in [0.2, 0.25) is 0 Å². The highest BCUT2D eigenvalue weighted by atomic mass is 32.1. The van der Waals surface area contributed by atoms with Crippen LogP contribution in [0.1, 0.15) is 5.82 Å². The van der Waals surface area contributed by atoms with E-state index in [1.807, 2.05) is 54.6 Å². The van der Waals surface area contributed by atoms with Crippen LogP contribution in [-0.4, -0.2) is 21.6 Å². The highest BCUT2D eigenvalue weighted by Gasteiger charge is 2.13. The molecular formula is C21H15N3O3S2. The zero-order chi connectivity index (χ0) is 20.0. The van der Waals surface area contributed by atoms with Gasteiger partial charge in [-0.1, -0.05) is 23.5 Å². The van der Waals surface area contributed by atoms with Crippen LogP contribution in [0.25, 0.3) is 30.9 Å². The Hall–Kier alpha value is -3.23. The highest BCUT2D eigenvalue weighted by molar-refractivity contribution is 7.22. The van der Waals surface area contributed by atoms with Crippen LogP contribution in [0.5, 0.6) is 5.75 Å². The zero-order valence-corrected chi connectivity index (χ0v) is 17.0. The molecule has 0 aliphatic heterocycles. The summed E-state index contributed by atoms with van der Waals surface area (Å²) in [5.74, 6) is 1.24. The SMILES string of the molecule is COc1ccc(-c2cc3nc(Cn4c(=O)sc5ccccc54)[nH]c(=O)c3s2)cc1. The second-order valence-electron chi connectivity index (χ2n) is 6.49. The minimum absolute atomic E-state index is 0.0711. The molecule has 29 heavy (non-hydrogen) atoms. The molecular weight excluding hydrogens is 406 g/mol. The first-order valence-electron chi connectivity index (χ1n) is 8.88. The first kappa shape index (κ1) is 17.8. The maximum Gasteiger partial charge on any atom is 0.308 e. The number of thiophene rings is 1. The average molecular weight is 422 g/mol. The summed E-state index contributed by atoms with van der Waals surface area (Å²) in [5.41, 5.74) is 2.28. The number of aromatic nitrogens is 3. The summed E-state index contributed by atoms with van der Waals surface area (Å²) >= 11 is 2.59. The van der Waals surface area contributed by atoms with Gasteiger partial charge in [0, 0.05) is 4.88 Å². The van der Waals surface area contributed by atoms with E-state index in [2.05, 4.69) is 9.97 Å². The van der Waals surface area contributed by atoms with E-state index >= 15 is 0 Å². The smallest absolute Gasteiger partial charge is 0.308 e. The first-order valence-corrected chi connectivity index (χ1v) is 10.5. The Kier molecular flexibility index (Phi) is 4.30. The molecule has 0 spiro atoms. The van der Waals surface area contributed by atoms with Gasteiger partial charge < -0.3 is 9.72 Å². The van der Waals surface area contributed by atoms with Gasteiger partial charge in [-0.25, -0.2) is 4.98 Å². The molecule has 6 nitrogen and oxygen atoms in total. The molecule has 0 saturated heterocycles. The van der Waals surface area contributed by atoms with Crippen molar-refractivity contribution in [1.82, 2.24) is 14.5 Å². The van der Waals surface area contributed by atoms with Gasteiger partial charge in [-0.05, 0) is 48.0 Å². The van der Waals surface area contributed by atoms with E-state index < -0.39 is 0 Å². The van der Waals surface area contributed by atoms with Gasteiger partial charge in [0.05, 0.1) is 29.4 Å². The fraction of sp³-hybridized carbons (Fsp3) is 0.0952. The van der Waals surface area contributed by atoms with Crippen molar-refractivity contribution >= 4 is 43.1 Å². The summed E-state index contributed by atoms with van der Waals surface area (Å²) < 4.78 is 8.32. The van der Waals surface area contributed by atoms with Gasteiger partial charge in [0.25, 0.3) is 5.56 Å².